The van der Waals surface area contributed by atoms with E-state index in [0.717, 1.165) is 0 Å². The van der Waals surface area contributed by atoms with Crippen molar-refractivity contribution in [2.24, 2.45) is 0 Å². The van der Waals surface area contributed by atoms with Gasteiger partial charge in [-0.1, -0.05) is 0 Å². The van der Waals surface area contributed by atoms with Crippen LogP contribution in [0.1, 0.15) is 12.8 Å². The number of aliphatic hydroxyl groups is 1. The maximum Gasteiger partial charge on any atom is 2.00 e. The van der Waals surface area contributed by atoms with Gasteiger partial charge in [0, 0.05) is 12.4 Å². The molecule has 1 unspecified atom stereocenters. The molecule has 0 aromatic rings. The van der Waals surface area contributed by atoms with Crippen molar-refractivity contribution in [1.29, 1.82) is 5.26 Å². The molecule has 88 valence electrons. The third-order valence-corrected chi connectivity index (χ3v) is 1.46. The summed E-state index contributed by atoms with van der Waals surface area (Å²) in [6, 6.07) is 0. The molecule has 0 aliphatic carbocycles. The first-order valence-electron chi connectivity index (χ1n) is 3.79. The second-order valence-corrected chi connectivity index (χ2v) is 2.73. The van der Waals surface area contributed by atoms with E-state index in [1.54, 1.807) is 0 Å². The Labute approximate surface area is 125 Å². The first-order chi connectivity index (χ1) is 7.31. The van der Waals surface area contributed by atoms with Gasteiger partial charge in [0.15, 0.2) is 0 Å². The maximum absolute atomic E-state index is 10.8. The standard InChI is InChI=1S/C7H8N2O7.Ca/c8-3-9-16-5(12)2-7(15,6(13)14)1-4(10)11;/h9,15H,1-2H2,(H,10,11)(H,13,14);/q;+2/p-2. The summed E-state index contributed by atoms with van der Waals surface area (Å²) in [5, 5.41) is 37.7. The normalized spacial score (nSPS) is 12.2. The van der Waals surface area contributed by atoms with Gasteiger partial charge < -0.3 is 29.7 Å². The largest absolute Gasteiger partial charge is 2.00 e. The van der Waals surface area contributed by atoms with E-state index in [4.69, 9.17) is 5.26 Å². The Kier molecular flexibility index (Phi) is 8.69. The predicted octanol–water partition coefficient (Wildman–Crippen LogP) is -4.85. The number of nitrogens with zero attached hydrogens (tertiary/aromatic N) is 1. The minimum absolute atomic E-state index is 0. The number of rotatable bonds is 6. The first kappa shape index (κ1) is 18.3. The van der Waals surface area contributed by atoms with Gasteiger partial charge in [-0.25, -0.2) is 4.79 Å². The van der Waals surface area contributed by atoms with Gasteiger partial charge in [-0.05, 0) is 0 Å². The van der Waals surface area contributed by atoms with Crippen molar-refractivity contribution in [3.05, 3.63) is 0 Å². The van der Waals surface area contributed by atoms with Crippen LogP contribution in [0.5, 0.6) is 0 Å². The van der Waals surface area contributed by atoms with Crippen LogP contribution in [0.3, 0.4) is 0 Å². The number of hydroxylamine groups is 1. The van der Waals surface area contributed by atoms with Crippen LogP contribution in [0, 0.1) is 11.5 Å². The van der Waals surface area contributed by atoms with Gasteiger partial charge in [-0.15, -0.1) is 0 Å². The van der Waals surface area contributed by atoms with Gasteiger partial charge >= 0.3 is 43.7 Å². The minimum atomic E-state index is -2.94. The van der Waals surface area contributed by atoms with E-state index < -0.39 is 36.4 Å². The minimum Gasteiger partial charge on any atom is -0.550 e. The summed E-state index contributed by atoms with van der Waals surface area (Å²) in [6.45, 7) is 0. The third-order valence-electron chi connectivity index (χ3n) is 1.46. The zero-order valence-corrected chi connectivity index (χ0v) is 10.7. The van der Waals surface area contributed by atoms with E-state index >= 15 is 0 Å². The van der Waals surface area contributed by atoms with Crippen LogP contribution >= 0.6 is 0 Å². The maximum atomic E-state index is 10.8. The molecule has 0 aromatic heterocycles. The summed E-state index contributed by atoms with van der Waals surface area (Å²) in [6.07, 6.45) is -1.34. The van der Waals surface area contributed by atoms with Crippen LogP contribution in [0.2, 0.25) is 0 Å². The molecule has 0 saturated heterocycles. The second kappa shape index (κ2) is 8.08. The molecular weight excluding hydrogens is 264 g/mol. The fourth-order valence-electron chi connectivity index (χ4n) is 0.800. The van der Waals surface area contributed by atoms with Crippen LogP contribution in [-0.4, -0.2) is 66.4 Å². The number of carboxylic acid groups (broad SMARTS) is 2. The molecule has 0 aromatic carbocycles. The first-order valence-corrected chi connectivity index (χ1v) is 3.79. The number of carbonyl (C=O) groups excluding carboxylic acids is 3. The zero-order chi connectivity index (χ0) is 12.8. The van der Waals surface area contributed by atoms with Gasteiger partial charge in [0.25, 0.3) is 0 Å². The number of nitrogens with one attached hydrogen (secondary N) is 1. The monoisotopic (exact) mass is 270 g/mol. The number of carboxylic acids is 2. The van der Waals surface area contributed by atoms with E-state index in [1.807, 2.05) is 0 Å². The van der Waals surface area contributed by atoms with Crippen molar-refractivity contribution in [3.63, 3.8) is 0 Å². The van der Waals surface area contributed by atoms with Gasteiger partial charge in [-0.3, -0.25) is 0 Å². The van der Waals surface area contributed by atoms with E-state index in [1.165, 1.54) is 11.7 Å². The molecule has 0 rings (SSSR count). The van der Waals surface area contributed by atoms with Crippen LogP contribution in [0.4, 0.5) is 0 Å². The molecule has 1 atom stereocenters. The number of aliphatic carboxylic acids is 2. The van der Waals surface area contributed by atoms with Gasteiger partial charge in [0.05, 0.1) is 12.4 Å². The van der Waals surface area contributed by atoms with Crippen molar-refractivity contribution in [2.45, 2.75) is 18.4 Å². The Bertz CT molecular complexity index is 353. The molecule has 0 aliphatic heterocycles. The molecule has 10 heteroatoms. The summed E-state index contributed by atoms with van der Waals surface area (Å²) >= 11 is 0. The quantitative estimate of drug-likeness (QED) is 0.208. The summed E-state index contributed by atoms with van der Waals surface area (Å²) in [5.41, 5.74) is -1.51. The van der Waals surface area contributed by atoms with Crippen molar-refractivity contribution in [1.82, 2.24) is 5.48 Å². The van der Waals surface area contributed by atoms with Crippen LogP contribution in [-0.2, 0) is 19.2 Å². The smallest absolute Gasteiger partial charge is 0.550 e. The Balaban J connectivity index is 0. The Morgan fingerprint density at radius 1 is 1.35 bits per heavy atom. The molecule has 0 saturated carbocycles. The van der Waals surface area contributed by atoms with E-state index in [9.17, 15) is 29.7 Å². The van der Waals surface area contributed by atoms with Gasteiger partial charge in [-0.2, -0.15) is 10.7 Å². The molecule has 0 amide bonds. The molecule has 0 heterocycles. The van der Waals surface area contributed by atoms with E-state index in [0.29, 0.717) is 0 Å². The summed E-state index contributed by atoms with van der Waals surface area (Å²) in [5.74, 6) is -5.38. The second-order valence-electron chi connectivity index (χ2n) is 2.73. The third kappa shape index (κ3) is 6.96. The van der Waals surface area contributed by atoms with E-state index in [2.05, 4.69) is 4.84 Å². The topological polar surface area (TPSA) is 163 Å². The number of hydrogen-bond donors (Lipinski definition) is 2. The zero-order valence-electron chi connectivity index (χ0n) is 8.47. The van der Waals surface area contributed by atoms with Crippen LogP contribution in [0.15, 0.2) is 0 Å². The summed E-state index contributed by atoms with van der Waals surface area (Å²) in [7, 11) is 0. The van der Waals surface area contributed by atoms with E-state index in [-0.39, 0.29) is 37.7 Å². The molecule has 0 spiro atoms. The summed E-state index contributed by atoms with van der Waals surface area (Å²) in [4.78, 5) is 35.3. The number of nitriles is 1. The molecule has 0 aliphatic rings. The van der Waals surface area contributed by atoms with Crippen molar-refractivity contribution in [3.8, 4) is 6.19 Å². The number of carbonyl (C=O) groups is 3. The van der Waals surface area contributed by atoms with Gasteiger partial charge in [0.2, 0.25) is 6.19 Å². The molecule has 0 bridgehead atoms. The van der Waals surface area contributed by atoms with Crippen LogP contribution in [0.25, 0.3) is 0 Å². The van der Waals surface area contributed by atoms with Crippen molar-refractivity contribution < 1.29 is 34.5 Å². The SMILES string of the molecule is N#CNOC(=O)CC(O)(CC(=O)[O-])C(=O)[O-].[Ca+2]. The Morgan fingerprint density at radius 3 is 2.24 bits per heavy atom. The molecule has 9 nitrogen and oxygen atoms in total. The Hall–Kier alpha value is -1.08. The van der Waals surface area contributed by atoms with Crippen LogP contribution < -0.4 is 15.7 Å². The fourth-order valence-corrected chi connectivity index (χ4v) is 0.800. The number of hydrogen-bond acceptors (Lipinski definition) is 9. The Morgan fingerprint density at radius 2 is 1.88 bits per heavy atom. The molecule has 0 radical (unpaired) electrons. The fraction of sp³-hybridized carbons (Fsp3) is 0.429. The average Bonchev–Trinajstić information content (AvgIpc) is 2.12. The molecule has 17 heavy (non-hydrogen) atoms. The van der Waals surface area contributed by atoms with Crippen molar-refractivity contribution in [2.75, 3.05) is 0 Å². The molecule has 2 N–H and O–H groups in total. The molecule has 0 fully saturated rings. The van der Waals surface area contributed by atoms with Gasteiger partial charge in [0.1, 0.15) is 5.60 Å². The predicted molar refractivity (Wildman–Crippen MR) is 44.8 cm³/mol. The molecular formula is C7H6CaN2O7. The summed E-state index contributed by atoms with van der Waals surface area (Å²) < 4.78 is 0. The average molecular weight is 270 g/mol. The van der Waals surface area contributed by atoms with Crippen molar-refractivity contribution >= 4 is 55.6 Å².